The van der Waals surface area contributed by atoms with E-state index < -0.39 is 0 Å². The smallest absolute Gasteiger partial charge is 0.338 e. The van der Waals surface area contributed by atoms with Crippen LogP contribution in [0.15, 0.2) is 18.3 Å². The fourth-order valence-corrected chi connectivity index (χ4v) is 2.47. The highest BCUT2D eigenvalue weighted by Gasteiger charge is 2.28. The Kier molecular flexibility index (Phi) is 4.08. The second-order valence-corrected chi connectivity index (χ2v) is 5.55. The van der Waals surface area contributed by atoms with Crippen LogP contribution >= 0.6 is 0 Å². The molecule has 19 heavy (non-hydrogen) atoms. The van der Waals surface area contributed by atoms with Gasteiger partial charge in [0.25, 0.3) is 0 Å². The summed E-state index contributed by atoms with van der Waals surface area (Å²) in [6, 6.07) is 3.51. The first-order valence-corrected chi connectivity index (χ1v) is 6.87. The van der Waals surface area contributed by atoms with Crippen LogP contribution in [0.5, 0.6) is 0 Å². The first-order valence-electron chi connectivity index (χ1n) is 6.87. The minimum absolute atomic E-state index is 0.306. The number of methoxy groups -OCH3 is 1. The molecule has 1 saturated heterocycles. The Morgan fingerprint density at radius 1 is 1.47 bits per heavy atom. The lowest BCUT2D eigenvalue weighted by molar-refractivity contribution is 0.0600. The quantitative estimate of drug-likeness (QED) is 0.786. The van der Waals surface area contributed by atoms with E-state index in [4.69, 9.17) is 4.74 Å². The summed E-state index contributed by atoms with van der Waals surface area (Å²) < 4.78 is 4.74. The van der Waals surface area contributed by atoms with Crippen LogP contribution in [0.4, 0.5) is 5.82 Å². The summed E-state index contributed by atoms with van der Waals surface area (Å²) in [6.45, 7) is 6.61. The first kappa shape index (κ1) is 13.8. The summed E-state index contributed by atoms with van der Waals surface area (Å²) in [6.07, 6.45) is 5.24. The third-order valence-corrected chi connectivity index (χ3v) is 4.31. The van der Waals surface area contributed by atoms with Gasteiger partial charge in [-0.05, 0) is 30.4 Å². The Morgan fingerprint density at radius 2 is 2.16 bits per heavy atom. The van der Waals surface area contributed by atoms with Crippen molar-refractivity contribution in [1.29, 1.82) is 0 Å². The molecule has 1 aromatic rings. The Hall–Kier alpha value is -1.58. The van der Waals surface area contributed by atoms with Gasteiger partial charge in [-0.1, -0.05) is 20.3 Å². The van der Waals surface area contributed by atoms with Crippen LogP contribution < -0.4 is 4.90 Å². The zero-order chi connectivity index (χ0) is 13.9. The molecule has 1 fully saturated rings. The van der Waals surface area contributed by atoms with Gasteiger partial charge in [-0.15, -0.1) is 0 Å². The summed E-state index contributed by atoms with van der Waals surface area (Å²) in [5, 5.41) is 0. The maximum Gasteiger partial charge on any atom is 0.338 e. The van der Waals surface area contributed by atoms with Crippen molar-refractivity contribution in [3.8, 4) is 0 Å². The molecule has 0 atom stereocenters. The monoisotopic (exact) mass is 262 g/mol. The molecule has 1 aliphatic rings. The molecule has 0 amide bonds. The number of piperidine rings is 1. The van der Waals surface area contributed by atoms with Gasteiger partial charge in [0.05, 0.1) is 12.7 Å². The van der Waals surface area contributed by atoms with E-state index >= 15 is 0 Å². The van der Waals surface area contributed by atoms with Gasteiger partial charge in [-0.25, -0.2) is 9.78 Å². The van der Waals surface area contributed by atoms with Crippen molar-refractivity contribution in [3.63, 3.8) is 0 Å². The molecule has 1 aromatic heterocycles. The van der Waals surface area contributed by atoms with Crippen LogP contribution in [0.25, 0.3) is 0 Å². The zero-order valence-corrected chi connectivity index (χ0v) is 12.0. The van der Waals surface area contributed by atoms with Gasteiger partial charge < -0.3 is 9.64 Å². The number of carbonyl (C=O) groups excluding carboxylic acids is 1. The van der Waals surface area contributed by atoms with Gasteiger partial charge >= 0.3 is 5.97 Å². The van der Waals surface area contributed by atoms with E-state index in [9.17, 15) is 4.79 Å². The average Bonchev–Trinajstić information content (AvgIpc) is 2.47. The fraction of sp³-hybridized carbons (Fsp3) is 0.600. The van der Waals surface area contributed by atoms with Crippen molar-refractivity contribution in [2.45, 2.75) is 33.1 Å². The normalized spacial score (nSPS) is 18.2. The van der Waals surface area contributed by atoms with Crippen molar-refractivity contribution in [3.05, 3.63) is 23.9 Å². The minimum atomic E-state index is -0.306. The van der Waals surface area contributed by atoms with Gasteiger partial charge in [0.1, 0.15) is 5.82 Å². The third-order valence-electron chi connectivity index (χ3n) is 4.31. The van der Waals surface area contributed by atoms with E-state index in [1.807, 2.05) is 6.07 Å². The number of anilines is 1. The van der Waals surface area contributed by atoms with Crippen molar-refractivity contribution in [2.75, 3.05) is 25.1 Å². The van der Waals surface area contributed by atoms with E-state index in [0.29, 0.717) is 11.0 Å². The number of carbonyl (C=O) groups is 1. The van der Waals surface area contributed by atoms with E-state index in [2.05, 4.69) is 23.7 Å². The molecule has 0 saturated carbocycles. The van der Waals surface area contributed by atoms with Gasteiger partial charge in [-0.3, -0.25) is 0 Å². The van der Waals surface area contributed by atoms with E-state index in [0.717, 1.165) is 18.9 Å². The van der Waals surface area contributed by atoms with Crippen LogP contribution in [0.2, 0.25) is 0 Å². The molecule has 0 radical (unpaired) electrons. The van der Waals surface area contributed by atoms with Crippen molar-refractivity contribution < 1.29 is 9.53 Å². The van der Waals surface area contributed by atoms with E-state index in [1.165, 1.54) is 26.4 Å². The lowest BCUT2D eigenvalue weighted by Gasteiger charge is -2.39. The number of nitrogens with zero attached hydrogens (tertiary/aromatic N) is 2. The summed E-state index contributed by atoms with van der Waals surface area (Å²) >= 11 is 0. The lowest BCUT2D eigenvalue weighted by Crippen LogP contribution is -2.38. The average molecular weight is 262 g/mol. The van der Waals surface area contributed by atoms with Gasteiger partial charge in [0, 0.05) is 19.3 Å². The highest BCUT2D eigenvalue weighted by atomic mass is 16.5. The number of rotatable bonds is 3. The van der Waals surface area contributed by atoms with Crippen molar-refractivity contribution >= 4 is 11.8 Å². The van der Waals surface area contributed by atoms with Gasteiger partial charge in [0.2, 0.25) is 0 Å². The zero-order valence-electron chi connectivity index (χ0n) is 12.0. The Bertz CT molecular complexity index is 451. The minimum Gasteiger partial charge on any atom is -0.465 e. The van der Waals surface area contributed by atoms with E-state index in [-0.39, 0.29) is 5.97 Å². The second-order valence-electron chi connectivity index (χ2n) is 5.55. The van der Waals surface area contributed by atoms with Gasteiger partial charge in [0.15, 0.2) is 0 Å². The highest BCUT2D eigenvalue weighted by Crippen LogP contribution is 2.35. The van der Waals surface area contributed by atoms with Crippen LogP contribution in [0, 0.1) is 5.41 Å². The second kappa shape index (κ2) is 5.59. The molecule has 0 N–H and O–H groups in total. The van der Waals surface area contributed by atoms with Crippen LogP contribution in [-0.4, -0.2) is 31.2 Å². The number of hydrogen-bond donors (Lipinski definition) is 0. The molecule has 0 unspecified atom stereocenters. The predicted octanol–water partition coefficient (Wildman–Crippen LogP) is 2.88. The molecular weight excluding hydrogens is 240 g/mol. The summed E-state index contributed by atoms with van der Waals surface area (Å²) in [5.74, 6) is 0.570. The number of esters is 1. The molecule has 4 nitrogen and oxygen atoms in total. The molecule has 2 rings (SSSR count). The number of pyridine rings is 1. The van der Waals surface area contributed by atoms with Gasteiger partial charge in [-0.2, -0.15) is 0 Å². The molecule has 0 bridgehead atoms. The van der Waals surface area contributed by atoms with Crippen LogP contribution in [0.1, 0.15) is 43.5 Å². The van der Waals surface area contributed by atoms with Crippen LogP contribution in [0.3, 0.4) is 0 Å². The topological polar surface area (TPSA) is 42.4 Å². The standard InChI is InChI=1S/C15H22N2O2/c1-4-15(2)6-9-17(10-7-15)13-11-12(5-8-16-13)14(18)19-3/h5,8,11H,4,6-7,9-10H2,1-3H3. The number of ether oxygens (including phenoxy) is 1. The fourth-order valence-electron chi connectivity index (χ4n) is 2.47. The Labute approximate surface area is 114 Å². The number of hydrogen-bond acceptors (Lipinski definition) is 4. The molecule has 104 valence electrons. The maximum atomic E-state index is 11.5. The van der Waals surface area contributed by atoms with Crippen molar-refractivity contribution in [2.24, 2.45) is 5.41 Å². The highest BCUT2D eigenvalue weighted by molar-refractivity contribution is 5.90. The first-order chi connectivity index (χ1) is 9.08. The summed E-state index contributed by atoms with van der Waals surface area (Å²) in [5.41, 5.74) is 1.02. The predicted molar refractivity (Wildman–Crippen MR) is 75.4 cm³/mol. The molecule has 0 aromatic carbocycles. The summed E-state index contributed by atoms with van der Waals surface area (Å²) in [7, 11) is 1.40. The Balaban J connectivity index is 2.09. The lowest BCUT2D eigenvalue weighted by atomic mass is 9.78. The molecule has 2 heterocycles. The maximum absolute atomic E-state index is 11.5. The Morgan fingerprint density at radius 3 is 2.74 bits per heavy atom. The van der Waals surface area contributed by atoms with Crippen LogP contribution in [-0.2, 0) is 4.74 Å². The molecule has 0 aliphatic carbocycles. The molecule has 4 heteroatoms. The number of aromatic nitrogens is 1. The summed E-state index contributed by atoms with van der Waals surface area (Å²) in [4.78, 5) is 18.2. The molecular formula is C15H22N2O2. The van der Waals surface area contributed by atoms with E-state index in [1.54, 1.807) is 12.3 Å². The van der Waals surface area contributed by atoms with Crippen molar-refractivity contribution in [1.82, 2.24) is 4.98 Å². The molecule has 0 spiro atoms. The largest absolute Gasteiger partial charge is 0.465 e. The molecule has 1 aliphatic heterocycles. The SMILES string of the molecule is CCC1(C)CCN(c2cc(C(=O)OC)ccn2)CC1. The third kappa shape index (κ3) is 3.06.